The van der Waals surface area contributed by atoms with Gasteiger partial charge in [-0.05, 0) is 19.8 Å². The van der Waals surface area contributed by atoms with E-state index in [-0.39, 0.29) is 0 Å². The Morgan fingerprint density at radius 3 is 2.82 bits per heavy atom. The van der Waals surface area contributed by atoms with Gasteiger partial charge in [0.2, 0.25) is 0 Å². The molecule has 1 fully saturated rings. The largest absolute Gasteiger partial charge is 0.497 e. The fourth-order valence-electron chi connectivity index (χ4n) is 2.15. The molecule has 0 aliphatic heterocycles. The Balaban J connectivity index is 1.83. The van der Waals surface area contributed by atoms with Crippen molar-refractivity contribution in [3.05, 3.63) is 23.5 Å². The summed E-state index contributed by atoms with van der Waals surface area (Å²) in [7, 11) is 1.67. The van der Waals surface area contributed by atoms with E-state index in [0.29, 0.717) is 12.6 Å². The number of nitrogens with one attached hydrogen (secondary N) is 1. The van der Waals surface area contributed by atoms with Crippen molar-refractivity contribution in [2.75, 3.05) is 7.11 Å². The number of hydrogen-bond acceptors (Lipinski definition) is 4. The van der Waals surface area contributed by atoms with Crippen LogP contribution in [0.2, 0.25) is 0 Å². The van der Waals surface area contributed by atoms with Crippen LogP contribution in [0, 0.1) is 6.92 Å². The van der Waals surface area contributed by atoms with Gasteiger partial charge in [0, 0.05) is 17.8 Å². The highest BCUT2D eigenvalue weighted by Crippen LogP contribution is 2.20. The quantitative estimate of drug-likeness (QED) is 0.797. The van der Waals surface area contributed by atoms with E-state index in [1.165, 1.54) is 12.8 Å². The summed E-state index contributed by atoms with van der Waals surface area (Å²) in [6.45, 7) is 2.58. The molecule has 0 aromatic carbocycles. The van der Waals surface area contributed by atoms with Gasteiger partial charge in [-0.15, -0.1) is 0 Å². The van der Waals surface area contributed by atoms with Crippen molar-refractivity contribution >= 4 is 0 Å². The first-order chi connectivity index (χ1) is 8.28. The second-order valence-corrected chi connectivity index (χ2v) is 4.49. The van der Waals surface area contributed by atoms with Crippen LogP contribution in [0.5, 0.6) is 5.75 Å². The lowest BCUT2D eigenvalue weighted by molar-refractivity contribution is -0.0249. The first-order valence-corrected chi connectivity index (χ1v) is 6.18. The molecule has 1 aliphatic rings. The molecular formula is C13H20N2O2. The van der Waals surface area contributed by atoms with Crippen LogP contribution in [0.3, 0.4) is 0 Å². The fraction of sp³-hybridized carbons (Fsp3) is 0.615. The van der Waals surface area contributed by atoms with Gasteiger partial charge in [-0.2, -0.15) is 5.48 Å². The molecule has 1 N–H and O–H groups in total. The maximum Gasteiger partial charge on any atom is 0.122 e. The molecule has 1 aliphatic carbocycles. The van der Waals surface area contributed by atoms with Crippen LogP contribution in [0.4, 0.5) is 0 Å². The Kier molecular flexibility index (Phi) is 4.34. The minimum atomic E-state index is 0.377. The van der Waals surface area contributed by atoms with Gasteiger partial charge in [-0.3, -0.25) is 9.82 Å². The molecule has 0 radical (unpaired) electrons. The summed E-state index contributed by atoms with van der Waals surface area (Å²) < 4.78 is 5.21. The summed E-state index contributed by atoms with van der Waals surface area (Å²) in [5.41, 5.74) is 4.91. The van der Waals surface area contributed by atoms with E-state index >= 15 is 0 Å². The number of aromatic nitrogens is 1. The van der Waals surface area contributed by atoms with E-state index in [0.717, 1.165) is 30.0 Å². The highest BCUT2D eigenvalue weighted by Gasteiger charge is 2.15. The fourth-order valence-corrected chi connectivity index (χ4v) is 2.15. The number of aryl methyl sites for hydroxylation is 1. The standard InChI is InChI=1S/C13H20N2O2/c1-10-7-13(16-2)8-11(15-10)9-14-17-12-5-3-4-6-12/h7-8,12,14H,3-6,9H2,1-2H3. The zero-order valence-corrected chi connectivity index (χ0v) is 10.5. The zero-order valence-electron chi connectivity index (χ0n) is 10.5. The molecule has 1 saturated carbocycles. The maximum atomic E-state index is 5.59. The number of methoxy groups -OCH3 is 1. The SMILES string of the molecule is COc1cc(C)nc(CNOC2CCCC2)c1. The summed E-state index contributed by atoms with van der Waals surface area (Å²) in [5, 5.41) is 0. The third kappa shape index (κ3) is 3.68. The number of pyridine rings is 1. The van der Waals surface area contributed by atoms with E-state index in [1.54, 1.807) is 7.11 Å². The predicted molar refractivity (Wildman–Crippen MR) is 65.7 cm³/mol. The van der Waals surface area contributed by atoms with Crippen molar-refractivity contribution in [3.63, 3.8) is 0 Å². The van der Waals surface area contributed by atoms with Crippen molar-refractivity contribution in [2.24, 2.45) is 0 Å². The Labute approximate surface area is 102 Å². The van der Waals surface area contributed by atoms with Crippen molar-refractivity contribution in [3.8, 4) is 5.75 Å². The van der Waals surface area contributed by atoms with Gasteiger partial charge in [-0.25, -0.2) is 0 Å². The van der Waals surface area contributed by atoms with E-state index < -0.39 is 0 Å². The molecule has 0 atom stereocenters. The van der Waals surface area contributed by atoms with Gasteiger partial charge in [0.05, 0.1) is 25.5 Å². The molecular weight excluding hydrogens is 216 g/mol. The molecule has 0 amide bonds. The van der Waals surface area contributed by atoms with Gasteiger partial charge in [-0.1, -0.05) is 12.8 Å². The zero-order chi connectivity index (χ0) is 12.1. The van der Waals surface area contributed by atoms with E-state index in [2.05, 4.69) is 10.5 Å². The third-order valence-electron chi connectivity index (χ3n) is 3.02. The minimum Gasteiger partial charge on any atom is -0.497 e. The van der Waals surface area contributed by atoms with Crippen molar-refractivity contribution < 1.29 is 9.57 Å². The van der Waals surface area contributed by atoms with Crippen LogP contribution in [-0.2, 0) is 11.4 Å². The predicted octanol–water partition coefficient (Wildman–Crippen LogP) is 2.36. The molecule has 0 bridgehead atoms. The van der Waals surface area contributed by atoms with Crippen molar-refractivity contribution in [2.45, 2.75) is 45.3 Å². The van der Waals surface area contributed by atoms with Crippen molar-refractivity contribution in [1.29, 1.82) is 0 Å². The molecule has 1 heterocycles. The van der Waals surface area contributed by atoms with Crippen molar-refractivity contribution in [1.82, 2.24) is 10.5 Å². The summed E-state index contributed by atoms with van der Waals surface area (Å²) in [4.78, 5) is 10.0. The van der Waals surface area contributed by atoms with Gasteiger partial charge >= 0.3 is 0 Å². The second-order valence-electron chi connectivity index (χ2n) is 4.49. The highest BCUT2D eigenvalue weighted by atomic mass is 16.7. The van der Waals surface area contributed by atoms with Crippen LogP contribution in [0.1, 0.15) is 37.1 Å². The molecule has 94 valence electrons. The van der Waals surface area contributed by atoms with E-state index in [9.17, 15) is 0 Å². The van der Waals surface area contributed by atoms with Gasteiger partial charge in [0.15, 0.2) is 0 Å². The molecule has 17 heavy (non-hydrogen) atoms. The van der Waals surface area contributed by atoms with Crippen LogP contribution < -0.4 is 10.2 Å². The average molecular weight is 236 g/mol. The normalized spacial score (nSPS) is 16.4. The monoisotopic (exact) mass is 236 g/mol. The Bertz CT molecular complexity index is 362. The maximum absolute atomic E-state index is 5.59. The van der Waals surface area contributed by atoms with Crippen LogP contribution >= 0.6 is 0 Å². The summed E-state index contributed by atoms with van der Waals surface area (Å²) in [6.07, 6.45) is 5.27. The molecule has 0 unspecified atom stereocenters. The van der Waals surface area contributed by atoms with Crippen LogP contribution in [0.15, 0.2) is 12.1 Å². The topological polar surface area (TPSA) is 43.4 Å². The van der Waals surface area contributed by atoms with Crippen LogP contribution in [0.25, 0.3) is 0 Å². The number of hydrogen-bond donors (Lipinski definition) is 1. The Hall–Kier alpha value is -1.13. The number of nitrogens with zero attached hydrogens (tertiary/aromatic N) is 1. The lowest BCUT2D eigenvalue weighted by atomic mass is 10.3. The Morgan fingerprint density at radius 2 is 2.12 bits per heavy atom. The molecule has 1 aromatic heterocycles. The average Bonchev–Trinajstić information content (AvgIpc) is 2.81. The smallest absolute Gasteiger partial charge is 0.122 e. The first-order valence-electron chi connectivity index (χ1n) is 6.18. The molecule has 4 nitrogen and oxygen atoms in total. The van der Waals surface area contributed by atoms with Gasteiger partial charge < -0.3 is 4.74 Å². The lowest BCUT2D eigenvalue weighted by Crippen LogP contribution is -2.21. The number of hydroxylamine groups is 1. The molecule has 1 aromatic rings. The van der Waals surface area contributed by atoms with E-state index in [1.807, 2.05) is 19.1 Å². The van der Waals surface area contributed by atoms with Gasteiger partial charge in [0.1, 0.15) is 5.75 Å². The number of ether oxygens (including phenoxy) is 1. The summed E-state index contributed by atoms with van der Waals surface area (Å²) in [5.74, 6) is 0.843. The van der Waals surface area contributed by atoms with Gasteiger partial charge in [0.25, 0.3) is 0 Å². The molecule has 0 spiro atoms. The first kappa shape index (κ1) is 12.3. The highest BCUT2D eigenvalue weighted by molar-refractivity contribution is 5.26. The molecule has 2 rings (SSSR count). The summed E-state index contributed by atoms with van der Waals surface area (Å²) in [6, 6.07) is 3.85. The number of rotatable bonds is 5. The Morgan fingerprint density at radius 1 is 1.35 bits per heavy atom. The third-order valence-corrected chi connectivity index (χ3v) is 3.02. The summed E-state index contributed by atoms with van der Waals surface area (Å²) >= 11 is 0. The van der Waals surface area contributed by atoms with E-state index in [4.69, 9.17) is 9.57 Å². The minimum absolute atomic E-state index is 0.377. The molecule has 4 heteroatoms. The second kappa shape index (κ2) is 5.98. The van der Waals surface area contributed by atoms with Crippen LogP contribution in [-0.4, -0.2) is 18.2 Å². The molecule has 0 saturated heterocycles. The lowest BCUT2D eigenvalue weighted by Gasteiger charge is -2.12.